The van der Waals surface area contributed by atoms with Crippen LogP contribution in [-0.2, 0) is 5.75 Å². The summed E-state index contributed by atoms with van der Waals surface area (Å²) in [6, 6.07) is 24.1. The summed E-state index contributed by atoms with van der Waals surface area (Å²) in [6.07, 6.45) is 1.54. The van der Waals surface area contributed by atoms with E-state index in [1.54, 1.807) is 48.2 Å². The Hall–Kier alpha value is -3.07. The van der Waals surface area contributed by atoms with Gasteiger partial charge in [0.2, 0.25) is 0 Å². The second kappa shape index (κ2) is 9.75. The SMILES string of the molecule is N#Cc1ccc(/C=N\NC(=O)c2ccc(CSc3ccc(Cl)cc3)cc2)cc1. The first-order chi connectivity index (χ1) is 13.6. The molecule has 0 heterocycles. The van der Waals surface area contributed by atoms with Crippen molar-refractivity contribution < 1.29 is 4.79 Å². The Kier molecular flexibility index (Phi) is 6.85. The maximum atomic E-state index is 12.2. The normalized spacial score (nSPS) is 10.6. The van der Waals surface area contributed by atoms with Crippen LogP contribution in [0.5, 0.6) is 0 Å². The van der Waals surface area contributed by atoms with Crippen molar-refractivity contribution in [2.24, 2.45) is 5.10 Å². The molecule has 3 aromatic rings. The van der Waals surface area contributed by atoms with Crippen molar-refractivity contribution in [1.29, 1.82) is 5.26 Å². The summed E-state index contributed by atoms with van der Waals surface area (Å²) in [5, 5.41) is 13.5. The van der Waals surface area contributed by atoms with Crippen LogP contribution in [0, 0.1) is 11.3 Å². The Bertz CT molecular complexity index is 1010. The molecule has 138 valence electrons. The number of halogens is 1. The third-order valence-corrected chi connectivity index (χ3v) is 5.19. The minimum Gasteiger partial charge on any atom is -0.267 e. The van der Waals surface area contributed by atoms with Gasteiger partial charge >= 0.3 is 0 Å². The van der Waals surface area contributed by atoms with E-state index in [1.165, 1.54) is 6.21 Å². The molecular weight excluding hydrogens is 390 g/mol. The summed E-state index contributed by atoms with van der Waals surface area (Å²) in [4.78, 5) is 13.3. The lowest BCUT2D eigenvalue weighted by Gasteiger charge is -2.04. The van der Waals surface area contributed by atoms with Crippen LogP contribution < -0.4 is 5.43 Å². The number of carbonyl (C=O) groups is 1. The first-order valence-electron chi connectivity index (χ1n) is 8.45. The van der Waals surface area contributed by atoms with Gasteiger partial charge in [0.05, 0.1) is 17.8 Å². The van der Waals surface area contributed by atoms with Gasteiger partial charge in [0.25, 0.3) is 5.91 Å². The van der Waals surface area contributed by atoms with Crippen molar-refractivity contribution in [2.75, 3.05) is 0 Å². The average Bonchev–Trinajstić information content (AvgIpc) is 2.74. The first-order valence-corrected chi connectivity index (χ1v) is 9.81. The predicted molar refractivity (Wildman–Crippen MR) is 114 cm³/mol. The van der Waals surface area contributed by atoms with Crippen LogP contribution in [0.15, 0.2) is 82.8 Å². The number of nitrogens with one attached hydrogen (secondary N) is 1. The molecule has 0 bridgehead atoms. The van der Waals surface area contributed by atoms with Crippen molar-refractivity contribution in [3.8, 4) is 6.07 Å². The van der Waals surface area contributed by atoms with E-state index in [-0.39, 0.29) is 5.91 Å². The van der Waals surface area contributed by atoms with Gasteiger partial charge in [0.15, 0.2) is 0 Å². The molecule has 0 unspecified atom stereocenters. The molecule has 0 fully saturated rings. The number of amides is 1. The summed E-state index contributed by atoms with van der Waals surface area (Å²) in [6.45, 7) is 0. The lowest BCUT2D eigenvalue weighted by atomic mass is 10.1. The monoisotopic (exact) mass is 405 g/mol. The average molecular weight is 406 g/mol. The molecule has 1 N–H and O–H groups in total. The van der Waals surface area contributed by atoms with E-state index in [4.69, 9.17) is 16.9 Å². The molecule has 0 radical (unpaired) electrons. The van der Waals surface area contributed by atoms with Crippen molar-refractivity contribution in [2.45, 2.75) is 10.6 Å². The fraction of sp³-hybridized carbons (Fsp3) is 0.0455. The summed E-state index contributed by atoms with van der Waals surface area (Å²) >= 11 is 7.60. The van der Waals surface area contributed by atoms with Gasteiger partial charge in [-0.25, -0.2) is 5.43 Å². The minimum atomic E-state index is -0.276. The van der Waals surface area contributed by atoms with Crippen molar-refractivity contribution in [3.63, 3.8) is 0 Å². The second-order valence-electron chi connectivity index (χ2n) is 5.87. The minimum absolute atomic E-state index is 0.276. The number of nitriles is 1. The molecule has 0 saturated heterocycles. The molecule has 3 aromatic carbocycles. The first kappa shape index (κ1) is 19.7. The highest BCUT2D eigenvalue weighted by Crippen LogP contribution is 2.24. The molecule has 0 aliphatic carbocycles. The predicted octanol–water partition coefficient (Wildman–Crippen LogP) is 5.27. The van der Waals surface area contributed by atoms with Crippen LogP contribution in [0.3, 0.4) is 0 Å². The van der Waals surface area contributed by atoms with Crippen molar-refractivity contribution in [3.05, 3.63) is 100 Å². The molecule has 6 heteroatoms. The highest BCUT2D eigenvalue weighted by Gasteiger charge is 2.04. The summed E-state index contributed by atoms with van der Waals surface area (Å²) in [7, 11) is 0. The van der Waals surface area contributed by atoms with Crippen molar-refractivity contribution >= 4 is 35.5 Å². The van der Waals surface area contributed by atoms with Crippen LogP contribution in [0.1, 0.15) is 27.0 Å². The molecule has 0 aromatic heterocycles. The topological polar surface area (TPSA) is 65.2 Å². The van der Waals surface area contributed by atoms with E-state index in [9.17, 15) is 4.79 Å². The van der Waals surface area contributed by atoms with Gasteiger partial charge in [-0.1, -0.05) is 35.9 Å². The highest BCUT2D eigenvalue weighted by atomic mass is 35.5. The Morgan fingerprint density at radius 1 is 1.04 bits per heavy atom. The lowest BCUT2D eigenvalue weighted by Crippen LogP contribution is -2.17. The van der Waals surface area contributed by atoms with Crippen LogP contribution >= 0.6 is 23.4 Å². The molecular formula is C22H16ClN3OS. The largest absolute Gasteiger partial charge is 0.271 e. The Morgan fingerprint density at radius 2 is 1.71 bits per heavy atom. The van der Waals surface area contributed by atoms with Gasteiger partial charge in [-0.15, -0.1) is 11.8 Å². The number of benzene rings is 3. The fourth-order valence-electron chi connectivity index (χ4n) is 2.32. The van der Waals surface area contributed by atoms with E-state index in [1.807, 2.05) is 36.4 Å². The summed E-state index contributed by atoms with van der Waals surface area (Å²) in [5.74, 6) is 0.530. The molecule has 4 nitrogen and oxygen atoms in total. The zero-order chi connectivity index (χ0) is 19.8. The van der Waals surface area contributed by atoms with E-state index < -0.39 is 0 Å². The quantitative estimate of drug-likeness (QED) is 0.345. The maximum absolute atomic E-state index is 12.2. The Labute approximate surface area is 172 Å². The molecule has 0 atom stereocenters. The van der Waals surface area contributed by atoms with E-state index in [2.05, 4.69) is 16.6 Å². The highest BCUT2D eigenvalue weighted by molar-refractivity contribution is 7.98. The molecule has 0 saturated carbocycles. The van der Waals surface area contributed by atoms with E-state index in [0.29, 0.717) is 11.1 Å². The Balaban J connectivity index is 1.52. The number of nitrogens with zero attached hydrogens (tertiary/aromatic N) is 2. The zero-order valence-corrected chi connectivity index (χ0v) is 16.4. The van der Waals surface area contributed by atoms with Gasteiger partial charge < -0.3 is 0 Å². The van der Waals surface area contributed by atoms with Crippen LogP contribution in [-0.4, -0.2) is 12.1 Å². The van der Waals surface area contributed by atoms with Crippen LogP contribution in [0.4, 0.5) is 0 Å². The molecule has 1 amide bonds. The maximum Gasteiger partial charge on any atom is 0.271 e. The lowest BCUT2D eigenvalue weighted by molar-refractivity contribution is 0.0955. The number of hydrogen-bond donors (Lipinski definition) is 1. The third kappa shape index (κ3) is 5.71. The summed E-state index contributed by atoms with van der Waals surface area (Å²) in [5.41, 5.74) is 5.55. The number of hydrogen-bond acceptors (Lipinski definition) is 4. The molecule has 0 spiro atoms. The fourth-order valence-corrected chi connectivity index (χ4v) is 3.30. The Morgan fingerprint density at radius 3 is 2.36 bits per heavy atom. The molecule has 3 rings (SSSR count). The number of rotatable bonds is 6. The second-order valence-corrected chi connectivity index (χ2v) is 7.36. The zero-order valence-electron chi connectivity index (χ0n) is 14.8. The molecule has 0 aliphatic rings. The standard InChI is InChI=1S/C22H16ClN3OS/c23-20-9-11-21(12-10-20)28-15-18-5-7-19(8-6-18)22(27)26-25-14-17-3-1-16(13-24)2-4-17/h1-12,14H,15H2,(H,26,27)/b25-14-. The van der Waals surface area contributed by atoms with Gasteiger partial charge in [-0.2, -0.15) is 10.4 Å². The third-order valence-electron chi connectivity index (χ3n) is 3.85. The molecule has 0 aliphatic heterocycles. The van der Waals surface area contributed by atoms with Crippen LogP contribution in [0.25, 0.3) is 0 Å². The number of hydrazone groups is 1. The molecule has 28 heavy (non-hydrogen) atoms. The smallest absolute Gasteiger partial charge is 0.267 e. The van der Waals surface area contributed by atoms with Gasteiger partial charge in [0.1, 0.15) is 0 Å². The van der Waals surface area contributed by atoms with E-state index >= 15 is 0 Å². The summed E-state index contributed by atoms with van der Waals surface area (Å²) < 4.78 is 0. The van der Waals surface area contributed by atoms with Crippen LogP contribution in [0.2, 0.25) is 5.02 Å². The van der Waals surface area contributed by atoms with Gasteiger partial charge in [-0.3, -0.25) is 4.79 Å². The number of thioether (sulfide) groups is 1. The van der Waals surface area contributed by atoms with Gasteiger partial charge in [0, 0.05) is 21.2 Å². The van der Waals surface area contributed by atoms with Gasteiger partial charge in [-0.05, 0) is 59.7 Å². The van der Waals surface area contributed by atoms with Crippen molar-refractivity contribution in [1.82, 2.24) is 5.43 Å². The number of carbonyl (C=O) groups excluding carboxylic acids is 1. The van der Waals surface area contributed by atoms with E-state index in [0.717, 1.165) is 26.8 Å².